The minimum atomic E-state index is -3.66. The molecule has 0 aromatic carbocycles. The van der Waals surface area contributed by atoms with Crippen LogP contribution in [0.4, 0.5) is 0 Å². The standard InChI is InChI=1S/C8H24N2O4Si2/c1-15(2,11)14-16(12,13)8-4-7-10-6-3-5-9/h10-13H,3-9H2,1-2H3. The number of hydrogen-bond donors (Lipinski definition) is 5. The first-order valence-corrected chi connectivity index (χ1v) is 10.4. The van der Waals surface area contributed by atoms with Gasteiger partial charge in [0.2, 0.25) is 0 Å². The first-order chi connectivity index (χ1) is 7.27. The predicted octanol–water partition coefficient (Wildman–Crippen LogP) is -1.05. The Kier molecular flexibility index (Phi) is 7.60. The largest absolute Gasteiger partial charge is 0.486 e. The fraction of sp³-hybridized carbons (Fsp3) is 1.00. The van der Waals surface area contributed by atoms with Crippen molar-refractivity contribution < 1.29 is 18.5 Å². The van der Waals surface area contributed by atoms with E-state index in [0.717, 1.165) is 13.0 Å². The summed E-state index contributed by atoms with van der Waals surface area (Å²) in [7, 11) is -6.51. The van der Waals surface area contributed by atoms with Crippen molar-refractivity contribution in [2.24, 2.45) is 5.73 Å². The summed E-state index contributed by atoms with van der Waals surface area (Å²) in [6.45, 7) is 5.22. The molecule has 0 saturated heterocycles. The van der Waals surface area contributed by atoms with Gasteiger partial charge in [0, 0.05) is 6.04 Å². The van der Waals surface area contributed by atoms with Crippen LogP contribution in [0.1, 0.15) is 12.8 Å². The lowest BCUT2D eigenvalue weighted by atomic mass is 10.4. The van der Waals surface area contributed by atoms with E-state index in [0.29, 0.717) is 19.5 Å². The van der Waals surface area contributed by atoms with E-state index < -0.39 is 17.4 Å². The van der Waals surface area contributed by atoms with E-state index >= 15 is 0 Å². The van der Waals surface area contributed by atoms with Crippen molar-refractivity contribution in [1.29, 1.82) is 0 Å². The van der Waals surface area contributed by atoms with Gasteiger partial charge in [0.25, 0.3) is 0 Å². The summed E-state index contributed by atoms with van der Waals surface area (Å²) < 4.78 is 4.95. The van der Waals surface area contributed by atoms with Crippen LogP contribution in [0.3, 0.4) is 0 Å². The van der Waals surface area contributed by atoms with Gasteiger partial charge in [0.15, 0.2) is 0 Å². The van der Waals surface area contributed by atoms with Crippen LogP contribution in [0.5, 0.6) is 0 Å². The molecule has 0 rings (SSSR count). The van der Waals surface area contributed by atoms with Crippen LogP contribution >= 0.6 is 0 Å². The molecule has 0 aliphatic rings. The highest BCUT2D eigenvalue weighted by atomic mass is 28.5. The Morgan fingerprint density at radius 3 is 2.19 bits per heavy atom. The number of rotatable bonds is 9. The summed E-state index contributed by atoms with van der Waals surface area (Å²) in [6, 6.07) is 0.208. The van der Waals surface area contributed by atoms with Crippen molar-refractivity contribution in [2.45, 2.75) is 32.0 Å². The van der Waals surface area contributed by atoms with E-state index in [1.165, 1.54) is 13.1 Å². The maximum Gasteiger partial charge on any atom is 0.486 e. The van der Waals surface area contributed by atoms with Gasteiger partial charge in [0.1, 0.15) is 0 Å². The minimum Gasteiger partial charge on any atom is -0.411 e. The van der Waals surface area contributed by atoms with Gasteiger partial charge < -0.3 is 29.6 Å². The summed E-state index contributed by atoms with van der Waals surface area (Å²) in [4.78, 5) is 28.5. The third-order valence-corrected chi connectivity index (χ3v) is 6.14. The highest BCUT2D eigenvalue weighted by molar-refractivity contribution is 6.75. The average molecular weight is 268 g/mol. The number of hydrogen-bond acceptors (Lipinski definition) is 6. The van der Waals surface area contributed by atoms with Crippen molar-refractivity contribution in [3.05, 3.63) is 0 Å². The quantitative estimate of drug-likeness (QED) is 0.270. The molecule has 0 fully saturated rings. The van der Waals surface area contributed by atoms with Crippen LogP contribution in [0.15, 0.2) is 0 Å². The topological polar surface area (TPSA) is 108 Å². The lowest BCUT2D eigenvalue weighted by Crippen LogP contribution is -2.49. The maximum absolute atomic E-state index is 9.55. The first-order valence-electron chi connectivity index (χ1n) is 5.55. The second kappa shape index (κ2) is 7.51. The molecule has 16 heavy (non-hydrogen) atoms. The highest BCUT2D eigenvalue weighted by Gasteiger charge is 2.38. The highest BCUT2D eigenvalue weighted by Crippen LogP contribution is 2.12. The lowest BCUT2D eigenvalue weighted by molar-refractivity contribution is 0.209. The third-order valence-electron chi connectivity index (χ3n) is 1.83. The summed E-state index contributed by atoms with van der Waals surface area (Å²) in [6.07, 6.45) is 1.53. The Labute approximate surface area is 99.1 Å². The second-order valence-electron chi connectivity index (χ2n) is 4.29. The van der Waals surface area contributed by atoms with Gasteiger partial charge in [0.05, 0.1) is 0 Å². The molecule has 0 spiro atoms. The van der Waals surface area contributed by atoms with E-state index in [1.807, 2.05) is 0 Å². The Balaban J connectivity index is 3.58. The molecule has 0 saturated carbocycles. The zero-order chi connectivity index (χ0) is 12.7. The zero-order valence-corrected chi connectivity index (χ0v) is 12.1. The van der Waals surface area contributed by atoms with E-state index in [1.54, 1.807) is 0 Å². The Bertz CT molecular complexity index is 187. The van der Waals surface area contributed by atoms with Gasteiger partial charge in [-0.15, -0.1) is 0 Å². The summed E-state index contributed by atoms with van der Waals surface area (Å²) in [5, 5.41) is 3.14. The molecule has 0 atom stereocenters. The van der Waals surface area contributed by atoms with E-state index in [-0.39, 0.29) is 6.04 Å². The molecular formula is C8H24N2O4Si2. The normalized spacial score (nSPS) is 13.1. The van der Waals surface area contributed by atoms with Crippen molar-refractivity contribution in [2.75, 3.05) is 19.6 Å². The van der Waals surface area contributed by atoms with Crippen LogP contribution in [0.25, 0.3) is 0 Å². The summed E-state index contributed by atoms with van der Waals surface area (Å²) >= 11 is 0. The van der Waals surface area contributed by atoms with Gasteiger partial charge in [-0.2, -0.15) is 0 Å². The van der Waals surface area contributed by atoms with E-state index in [2.05, 4.69) is 5.32 Å². The molecule has 0 aromatic heterocycles. The number of nitrogens with one attached hydrogen (secondary N) is 1. The SMILES string of the molecule is C[Si](C)(O)O[Si](O)(O)CCCNCCCN. The molecule has 0 radical (unpaired) electrons. The smallest absolute Gasteiger partial charge is 0.411 e. The van der Waals surface area contributed by atoms with Gasteiger partial charge in [-0.1, -0.05) is 0 Å². The predicted molar refractivity (Wildman–Crippen MR) is 66.9 cm³/mol. The molecule has 6 N–H and O–H groups in total. The van der Waals surface area contributed by atoms with Crippen LogP contribution in [0, 0.1) is 0 Å². The van der Waals surface area contributed by atoms with Crippen molar-refractivity contribution in [1.82, 2.24) is 5.32 Å². The van der Waals surface area contributed by atoms with Gasteiger partial charge >= 0.3 is 17.4 Å². The molecule has 0 aliphatic heterocycles. The zero-order valence-electron chi connectivity index (χ0n) is 10.1. The third kappa shape index (κ3) is 10.7. The minimum absolute atomic E-state index is 0.208. The van der Waals surface area contributed by atoms with Crippen molar-refractivity contribution in [3.63, 3.8) is 0 Å². The lowest BCUT2D eigenvalue weighted by Gasteiger charge is -2.25. The molecule has 0 unspecified atom stereocenters. The Morgan fingerprint density at radius 2 is 1.69 bits per heavy atom. The molecule has 0 amide bonds. The van der Waals surface area contributed by atoms with Crippen LogP contribution in [-0.2, 0) is 4.12 Å². The maximum atomic E-state index is 9.55. The Morgan fingerprint density at radius 1 is 1.12 bits per heavy atom. The molecule has 0 heterocycles. The molecule has 98 valence electrons. The van der Waals surface area contributed by atoms with Crippen molar-refractivity contribution in [3.8, 4) is 0 Å². The first kappa shape index (κ1) is 16.2. The average Bonchev–Trinajstić information content (AvgIpc) is 2.06. The molecule has 0 aromatic rings. The van der Waals surface area contributed by atoms with Gasteiger partial charge in [-0.3, -0.25) is 0 Å². The van der Waals surface area contributed by atoms with Crippen LogP contribution in [-0.4, -0.2) is 51.4 Å². The van der Waals surface area contributed by atoms with Crippen molar-refractivity contribution >= 4 is 17.4 Å². The van der Waals surface area contributed by atoms with Gasteiger partial charge in [-0.05, 0) is 45.6 Å². The fourth-order valence-electron chi connectivity index (χ4n) is 1.25. The molecule has 6 nitrogen and oxygen atoms in total. The van der Waals surface area contributed by atoms with Gasteiger partial charge in [-0.25, -0.2) is 0 Å². The van der Waals surface area contributed by atoms with E-state index in [4.69, 9.17) is 9.85 Å². The second-order valence-corrected chi connectivity index (χ2v) is 9.98. The molecule has 8 heteroatoms. The molecule has 0 aliphatic carbocycles. The fourth-order valence-corrected chi connectivity index (χ4v) is 5.49. The molecule has 0 bridgehead atoms. The van der Waals surface area contributed by atoms with E-state index in [9.17, 15) is 14.4 Å². The van der Waals surface area contributed by atoms with Crippen LogP contribution < -0.4 is 11.1 Å². The van der Waals surface area contributed by atoms with Crippen LogP contribution in [0.2, 0.25) is 19.1 Å². The number of nitrogens with two attached hydrogens (primary N) is 1. The summed E-state index contributed by atoms with van der Waals surface area (Å²) in [5.41, 5.74) is 5.33. The molecular weight excluding hydrogens is 244 g/mol. The monoisotopic (exact) mass is 268 g/mol. The summed E-state index contributed by atoms with van der Waals surface area (Å²) in [5.74, 6) is 0. The Hall–Kier alpha value is 0.194.